The molecule has 2 nitrogen and oxygen atoms in total. The maximum Gasteiger partial charge on any atom is 0.171 e. The zero-order chi connectivity index (χ0) is 10.4. The van der Waals surface area contributed by atoms with Crippen LogP contribution in [0.1, 0.15) is 46.5 Å². The Hall–Kier alpha value is -0.340. The molecule has 0 unspecified atom stereocenters. The van der Waals surface area contributed by atoms with Gasteiger partial charge in [-0.15, -0.1) is 0 Å². The first-order valence-electron chi connectivity index (χ1n) is 5.72. The summed E-state index contributed by atoms with van der Waals surface area (Å²) in [5, 5.41) is 0. The summed E-state index contributed by atoms with van der Waals surface area (Å²) in [5.41, 5.74) is 1.50. The lowest BCUT2D eigenvalue weighted by Crippen LogP contribution is -2.28. The van der Waals surface area contributed by atoms with Gasteiger partial charge in [0.15, 0.2) is 5.79 Å². The zero-order valence-corrected chi connectivity index (χ0v) is 9.64. The zero-order valence-electron chi connectivity index (χ0n) is 9.64. The van der Waals surface area contributed by atoms with Crippen LogP contribution < -0.4 is 0 Å². The van der Waals surface area contributed by atoms with Gasteiger partial charge in [0, 0.05) is 6.42 Å². The molecule has 1 heterocycles. The van der Waals surface area contributed by atoms with E-state index in [1.54, 1.807) is 0 Å². The van der Waals surface area contributed by atoms with Crippen molar-refractivity contribution in [2.45, 2.75) is 52.2 Å². The van der Waals surface area contributed by atoms with Crippen LogP contribution >= 0.6 is 0 Å². The Labute approximate surface area is 87.3 Å². The Morgan fingerprint density at radius 3 is 2.14 bits per heavy atom. The van der Waals surface area contributed by atoms with E-state index < -0.39 is 0 Å². The molecule has 1 rings (SSSR count). The minimum atomic E-state index is -0.310. The van der Waals surface area contributed by atoms with Crippen LogP contribution in [0, 0.1) is 0 Å². The standard InChI is InChI=1S/C12H22O2/c1-4-11(5-2)7-8-12(6-3)13-9-10-14-12/h7H,4-6,8-10H2,1-3H3. The molecule has 0 spiro atoms. The summed E-state index contributed by atoms with van der Waals surface area (Å²) in [5.74, 6) is -0.310. The molecule has 0 atom stereocenters. The van der Waals surface area contributed by atoms with Crippen LogP contribution in [0.5, 0.6) is 0 Å². The number of hydrogen-bond acceptors (Lipinski definition) is 2. The van der Waals surface area contributed by atoms with Gasteiger partial charge in [0.05, 0.1) is 13.2 Å². The minimum absolute atomic E-state index is 0.310. The van der Waals surface area contributed by atoms with E-state index in [0.29, 0.717) is 0 Å². The van der Waals surface area contributed by atoms with Crippen LogP contribution in [0.15, 0.2) is 11.6 Å². The van der Waals surface area contributed by atoms with Crippen LogP contribution in [0.25, 0.3) is 0 Å². The average Bonchev–Trinajstić information content (AvgIpc) is 2.69. The van der Waals surface area contributed by atoms with Gasteiger partial charge in [0.1, 0.15) is 0 Å². The van der Waals surface area contributed by atoms with E-state index >= 15 is 0 Å². The molecular formula is C12H22O2. The molecule has 0 aromatic heterocycles. The summed E-state index contributed by atoms with van der Waals surface area (Å²) in [6.45, 7) is 8.01. The van der Waals surface area contributed by atoms with Crippen molar-refractivity contribution in [1.29, 1.82) is 0 Å². The van der Waals surface area contributed by atoms with E-state index in [1.807, 2.05) is 0 Å². The van der Waals surface area contributed by atoms with E-state index in [4.69, 9.17) is 9.47 Å². The summed E-state index contributed by atoms with van der Waals surface area (Å²) in [7, 11) is 0. The largest absolute Gasteiger partial charge is 0.347 e. The molecule has 1 aliphatic heterocycles. The minimum Gasteiger partial charge on any atom is -0.347 e. The van der Waals surface area contributed by atoms with Gasteiger partial charge in [-0.1, -0.05) is 32.4 Å². The lowest BCUT2D eigenvalue weighted by Gasteiger charge is -2.24. The topological polar surface area (TPSA) is 18.5 Å². The van der Waals surface area contributed by atoms with Gasteiger partial charge >= 0.3 is 0 Å². The fourth-order valence-corrected chi connectivity index (χ4v) is 1.80. The second-order valence-corrected chi connectivity index (χ2v) is 3.73. The Morgan fingerprint density at radius 1 is 1.14 bits per heavy atom. The van der Waals surface area contributed by atoms with Crippen molar-refractivity contribution in [1.82, 2.24) is 0 Å². The maximum atomic E-state index is 5.66. The molecule has 82 valence electrons. The summed E-state index contributed by atoms with van der Waals surface area (Å²) in [6.07, 6.45) is 6.39. The van der Waals surface area contributed by atoms with Gasteiger partial charge in [-0.2, -0.15) is 0 Å². The van der Waals surface area contributed by atoms with E-state index in [0.717, 1.165) is 38.9 Å². The van der Waals surface area contributed by atoms with Crippen molar-refractivity contribution < 1.29 is 9.47 Å². The SMILES string of the molecule is CCC(=CCC1(CC)OCCO1)CC. The third-order valence-electron chi connectivity index (χ3n) is 2.96. The van der Waals surface area contributed by atoms with Crippen LogP contribution in [0.3, 0.4) is 0 Å². The molecule has 1 saturated heterocycles. The summed E-state index contributed by atoms with van der Waals surface area (Å²) >= 11 is 0. The van der Waals surface area contributed by atoms with Crippen molar-refractivity contribution in [3.05, 3.63) is 11.6 Å². The summed E-state index contributed by atoms with van der Waals surface area (Å²) < 4.78 is 11.3. The number of hydrogen-bond donors (Lipinski definition) is 0. The van der Waals surface area contributed by atoms with Gasteiger partial charge in [-0.05, 0) is 19.3 Å². The Balaban J connectivity index is 2.52. The third kappa shape index (κ3) is 2.82. The van der Waals surface area contributed by atoms with Crippen molar-refractivity contribution in [2.75, 3.05) is 13.2 Å². The highest BCUT2D eigenvalue weighted by Crippen LogP contribution is 2.28. The summed E-state index contributed by atoms with van der Waals surface area (Å²) in [4.78, 5) is 0. The molecule has 0 saturated carbocycles. The van der Waals surface area contributed by atoms with Crippen LogP contribution in [-0.4, -0.2) is 19.0 Å². The quantitative estimate of drug-likeness (QED) is 0.631. The van der Waals surface area contributed by atoms with Crippen molar-refractivity contribution in [2.24, 2.45) is 0 Å². The molecule has 0 amide bonds. The highest BCUT2D eigenvalue weighted by atomic mass is 16.7. The fourth-order valence-electron chi connectivity index (χ4n) is 1.80. The molecule has 1 fully saturated rings. The number of rotatable bonds is 5. The van der Waals surface area contributed by atoms with Crippen molar-refractivity contribution in [3.8, 4) is 0 Å². The van der Waals surface area contributed by atoms with Gasteiger partial charge < -0.3 is 9.47 Å². The molecule has 0 radical (unpaired) electrons. The van der Waals surface area contributed by atoms with Crippen LogP contribution in [0.4, 0.5) is 0 Å². The molecule has 0 N–H and O–H groups in total. The normalized spacial score (nSPS) is 19.6. The lowest BCUT2D eigenvalue weighted by atomic mass is 10.0. The molecule has 0 aromatic carbocycles. The molecular weight excluding hydrogens is 176 g/mol. The van der Waals surface area contributed by atoms with E-state index in [1.165, 1.54) is 5.57 Å². The van der Waals surface area contributed by atoms with Crippen molar-refractivity contribution in [3.63, 3.8) is 0 Å². The highest BCUT2D eigenvalue weighted by molar-refractivity contribution is 5.02. The van der Waals surface area contributed by atoms with Gasteiger partial charge in [-0.3, -0.25) is 0 Å². The molecule has 0 aromatic rings. The van der Waals surface area contributed by atoms with E-state index in [2.05, 4.69) is 26.8 Å². The Kier molecular flexibility index (Phi) is 4.63. The van der Waals surface area contributed by atoms with E-state index in [9.17, 15) is 0 Å². The number of ether oxygens (including phenoxy) is 2. The third-order valence-corrected chi connectivity index (χ3v) is 2.96. The predicted molar refractivity (Wildman–Crippen MR) is 58.2 cm³/mol. The van der Waals surface area contributed by atoms with Crippen molar-refractivity contribution >= 4 is 0 Å². The second-order valence-electron chi connectivity index (χ2n) is 3.73. The van der Waals surface area contributed by atoms with E-state index in [-0.39, 0.29) is 5.79 Å². The summed E-state index contributed by atoms with van der Waals surface area (Å²) in [6, 6.07) is 0. The van der Waals surface area contributed by atoms with Gasteiger partial charge in [-0.25, -0.2) is 0 Å². The molecule has 0 aliphatic carbocycles. The van der Waals surface area contributed by atoms with Crippen LogP contribution in [0.2, 0.25) is 0 Å². The average molecular weight is 198 g/mol. The van der Waals surface area contributed by atoms with Crippen LogP contribution in [-0.2, 0) is 9.47 Å². The first kappa shape index (κ1) is 11.7. The van der Waals surface area contributed by atoms with Gasteiger partial charge in [0.25, 0.3) is 0 Å². The highest BCUT2D eigenvalue weighted by Gasteiger charge is 2.33. The van der Waals surface area contributed by atoms with Gasteiger partial charge in [0.2, 0.25) is 0 Å². The lowest BCUT2D eigenvalue weighted by molar-refractivity contribution is -0.155. The maximum absolute atomic E-state index is 5.66. The number of allylic oxidation sites excluding steroid dienone is 1. The fraction of sp³-hybridized carbons (Fsp3) is 0.833. The Bertz CT molecular complexity index is 184. The monoisotopic (exact) mass is 198 g/mol. The predicted octanol–water partition coefficient (Wildman–Crippen LogP) is 3.28. The first-order chi connectivity index (χ1) is 6.76. The Morgan fingerprint density at radius 2 is 1.71 bits per heavy atom. The smallest absolute Gasteiger partial charge is 0.171 e. The molecule has 2 heteroatoms. The molecule has 1 aliphatic rings. The molecule has 0 bridgehead atoms. The molecule has 14 heavy (non-hydrogen) atoms. The first-order valence-corrected chi connectivity index (χ1v) is 5.72. The second kappa shape index (κ2) is 5.52.